The van der Waals surface area contributed by atoms with Gasteiger partial charge in [0.25, 0.3) is 5.91 Å². The van der Waals surface area contributed by atoms with Crippen molar-refractivity contribution in [1.29, 1.82) is 0 Å². The highest BCUT2D eigenvalue weighted by Gasteiger charge is 2.20. The van der Waals surface area contributed by atoms with E-state index in [2.05, 4.69) is 20.9 Å². The van der Waals surface area contributed by atoms with Gasteiger partial charge in [-0.2, -0.15) is 0 Å². The van der Waals surface area contributed by atoms with Crippen molar-refractivity contribution in [2.75, 3.05) is 19.6 Å². The SMILES string of the molecule is CCc1c(C(=O)NCCC2CCCNC2)nnn1-c1ccc(OC(C)C)cc1. The summed E-state index contributed by atoms with van der Waals surface area (Å²) in [5.74, 6) is 1.31. The molecule has 0 aliphatic carbocycles. The van der Waals surface area contributed by atoms with Gasteiger partial charge in [-0.1, -0.05) is 12.1 Å². The lowest BCUT2D eigenvalue weighted by atomic mass is 9.96. The normalized spacial score (nSPS) is 16.9. The minimum atomic E-state index is -0.147. The third kappa shape index (κ3) is 5.10. The molecule has 152 valence electrons. The van der Waals surface area contributed by atoms with Crippen LogP contribution in [0.1, 0.15) is 56.2 Å². The van der Waals surface area contributed by atoms with Gasteiger partial charge in [-0.15, -0.1) is 5.10 Å². The highest BCUT2D eigenvalue weighted by Crippen LogP contribution is 2.19. The number of aromatic nitrogens is 3. The van der Waals surface area contributed by atoms with Crippen LogP contribution in [0.2, 0.25) is 0 Å². The summed E-state index contributed by atoms with van der Waals surface area (Å²) >= 11 is 0. The Labute approximate surface area is 166 Å². The van der Waals surface area contributed by atoms with Crippen LogP contribution in [-0.4, -0.2) is 46.6 Å². The summed E-state index contributed by atoms with van der Waals surface area (Å²) < 4.78 is 7.42. The monoisotopic (exact) mass is 385 g/mol. The zero-order valence-electron chi connectivity index (χ0n) is 17.1. The zero-order valence-corrected chi connectivity index (χ0v) is 17.1. The van der Waals surface area contributed by atoms with Crippen molar-refractivity contribution in [3.05, 3.63) is 35.7 Å². The summed E-state index contributed by atoms with van der Waals surface area (Å²) in [5, 5.41) is 14.8. The first kappa shape index (κ1) is 20.3. The number of carbonyl (C=O) groups excluding carboxylic acids is 1. The molecule has 1 aromatic carbocycles. The number of nitrogens with zero attached hydrogens (tertiary/aromatic N) is 3. The first-order valence-corrected chi connectivity index (χ1v) is 10.3. The van der Waals surface area contributed by atoms with E-state index in [-0.39, 0.29) is 12.0 Å². The van der Waals surface area contributed by atoms with Crippen LogP contribution in [0.3, 0.4) is 0 Å². The average Bonchev–Trinajstić information content (AvgIpc) is 3.13. The molecule has 7 heteroatoms. The van der Waals surface area contributed by atoms with Crippen LogP contribution in [0.4, 0.5) is 0 Å². The molecule has 2 N–H and O–H groups in total. The quantitative estimate of drug-likeness (QED) is 0.730. The van der Waals surface area contributed by atoms with E-state index in [9.17, 15) is 4.79 Å². The molecule has 2 aromatic rings. The minimum Gasteiger partial charge on any atom is -0.491 e. The van der Waals surface area contributed by atoms with Gasteiger partial charge in [-0.3, -0.25) is 4.79 Å². The minimum absolute atomic E-state index is 0.128. The van der Waals surface area contributed by atoms with E-state index in [4.69, 9.17) is 4.74 Å². The van der Waals surface area contributed by atoms with E-state index in [1.165, 1.54) is 12.8 Å². The van der Waals surface area contributed by atoms with E-state index in [0.717, 1.165) is 36.6 Å². The van der Waals surface area contributed by atoms with Crippen LogP contribution in [-0.2, 0) is 6.42 Å². The summed E-state index contributed by atoms with van der Waals surface area (Å²) in [5.41, 5.74) is 2.09. The van der Waals surface area contributed by atoms with Gasteiger partial charge in [0, 0.05) is 6.54 Å². The molecule has 1 saturated heterocycles. The van der Waals surface area contributed by atoms with Gasteiger partial charge in [-0.25, -0.2) is 4.68 Å². The standard InChI is InChI=1S/C21H31N5O2/c1-4-19-20(21(27)23-13-11-16-6-5-12-22-14-16)24-25-26(19)17-7-9-18(10-8-17)28-15(2)3/h7-10,15-16,22H,4-6,11-14H2,1-3H3,(H,23,27). The highest BCUT2D eigenvalue weighted by molar-refractivity contribution is 5.93. The molecule has 7 nitrogen and oxygen atoms in total. The predicted molar refractivity (Wildman–Crippen MR) is 109 cm³/mol. The second-order valence-electron chi connectivity index (χ2n) is 7.57. The lowest BCUT2D eigenvalue weighted by Gasteiger charge is -2.22. The lowest BCUT2D eigenvalue weighted by molar-refractivity contribution is 0.0944. The molecule has 28 heavy (non-hydrogen) atoms. The molecule has 1 aliphatic rings. The molecule has 1 aromatic heterocycles. The number of nitrogens with one attached hydrogen (secondary N) is 2. The number of hydrogen-bond acceptors (Lipinski definition) is 5. The number of ether oxygens (including phenoxy) is 1. The Bertz CT molecular complexity index is 764. The van der Waals surface area contributed by atoms with E-state index in [0.29, 0.717) is 24.6 Å². The van der Waals surface area contributed by atoms with Crippen LogP contribution in [0.5, 0.6) is 5.75 Å². The smallest absolute Gasteiger partial charge is 0.273 e. The molecule has 1 amide bonds. The molecule has 0 radical (unpaired) electrons. The largest absolute Gasteiger partial charge is 0.491 e. The number of rotatable bonds is 8. The number of amides is 1. The Balaban J connectivity index is 1.64. The molecule has 2 heterocycles. The van der Waals surface area contributed by atoms with Gasteiger partial charge < -0.3 is 15.4 Å². The summed E-state index contributed by atoms with van der Waals surface area (Å²) in [6.45, 7) is 8.82. The van der Waals surface area contributed by atoms with Crippen molar-refractivity contribution in [2.45, 2.75) is 52.6 Å². The van der Waals surface area contributed by atoms with E-state index >= 15 is 0 Å². The molecule has 1 aliphatic heterocycles. The van der Waals surface area contributed by atoms with Gasteiger partial charge in [0.1, 0.15) is 5.75 Å². The predicted octanol–water partition coefficient (Wildman–Crippen LogP) is 2.74. The number of piperidine rings is 1. The van der Waals surface area contributed by atoms with Crippen molar-refractivity contribution in [3.63, 3.8) is 0 Å². The Morgan fingerprint density at radius 3 is 2.79 bits per heavy atom. The maximum atomic E-state index is 12.6. The molecule has 1 unspecified atom stereocenters. The van der Waals surface area contributed by atoms with Crippen molar-refractivity contribution < 1.29 is 9.53 Å². The maximum absolute atomic E-state index is 12.6. The van der Waals surface area contributed by atoms with Crippen molar-refractivity contribution in [3.8, 4) is 11.4 Å². The summed E-state index contributed by atoms with van der Waals surface area (Å²) in [4.78, 5) is 12.6. The maximum Gasteiger partial charge on any atom is 0.273 e. The molecule has 0 saturated carbocycles. The van der Waals surface area contributed by atoms with Gasteiger partial charge >= 0.3 is 0 Å². The van der Waals surface area contributed by atoms with E-state index in [1.807, 2.05) is 45.0 Å². The fraction of sp³-hybridized carbons (Fsp3) is 0.571. The molecule has 1 atom stereocenters. The van der Waals surface area contributed by atoms with Gasteiger partial charge in [0.2, 0.25) is 0 Å². The van der Waals surface area contributed by atoms with E-state index < -0.39 is 0 Å². The highest BCUT2D eigenvalue weighted by atomic mass is 16.5. The van der Waals surface area contributed by atoms with Crippen molar-refractivity contribution in [1.82, 2.24) is 25.6 Å². The van der Waals surface area contributed by atoms with E-state index in [1.54, 1.807) is 4.68 Å². The summed E-state index contributed by atoms with van der Waals surface area (Å²) in [6, 6.07) is 7.69. The Morgan fingerprint density at radius 2 is 2.14 bits per heavy atom. The average molecular weight is 386 g/mol. The number of benzene rings is 1. The Hall–Kier alpha value is -2.41. The van der Waals surface area contributed by atoms with Gasteiger partial charge in [-0.05, 0) is 82.8 Å². The van der Waals surface area contributed by atoms with Crippen LogP contribution < -0.4 is 15.4 Å². The molecular weight excluding hydrogens is 354 g/mol. The molecule has 0 bridgehead atoms. The van der Waals surface area contributed by atoms with Crippen LogP contribution >= 0.6 is 0 Å². The Morgan fingerprint density at radius 1 is 1.36 bits per heavy atom. The number of hydrogen-bond donors (Lipinski definition) is 2. The van der Waals surface area contributed by atoms with Crippen LogP contribution in [0.15, 0.2) is 24.3 Å². The van der Waals surface area contributed by atoms with Crippen molar-refractivity contribution in [2.24, 2.45) is 5.92 Å². The fourth-order valence-corrected chi connectivity index (χ4v) is 3.58. The van der Waals surface area contributed by atoms with Gasteiger partial charge in [0.05, 0.1) is 17.5 Å². The van der Waals surface area contributed by atoms with Crippen LogP contribution in [0, 0.1) is 5.92 Å². The zero-order chi connectivity index (χ0) is 19.9. The first-order valence-electron chi connectivity index (χ1n) is 10.3. The van der Waals surface area contributed by atoms with Crippen LogP contribution in [0.25, 0.3) is 5.69 Å². The topological polar surface area (TPSA) is 81.1 Å². The van der Waals surface area contributed by atoms with Gasteiger partial charge in [0.15, 0.2) is 5.69 Å². The number of carbonyl (C=O) groups is 1. The summed E-state index contributed by atoms with van der Waals surface area (Å²) in [7, 11) is 0. The first-order chi connectivity index (χ1) is 13.6. The van der Waals surface area contributed by atoms with Crippen molar-refractivity contribution >= 4 is 5.91 Å². The molecule has 3 rings (SSSR count). The lowest BCUT2D eigenvalue weighted by Crippen LogP contribution is -2.33. The molecule has 0 spiro atoms. The second kappa shape index (κ2) is 9.68. The molecular formula is C21H31N5O2. The second-order valence-corrected chi connectivity index (χ2v) is 7.57. The summed E-state index contributed by atoms with van der Waals surface area (Å²) in [6.07, 6.45) is 4.24. The molecule has 1 fully saturated rings. The Kier molecular flexibility index (Phi) is 7.03. The third-order valence-corrected chi connectivity index (χ3v) is 5.00. The fourth-order valence-electron chi connectivity index (χ4n) is 3.58. The third-order valence-electron chi connectivity index (χ3n) is 5.00.